The molecule has 0 aliphatic rings. The Morgan fingerprint density at radius 2 is 1.30 bits per heavy atom. The van der Waals surface area contributed by atoms with Crippen molar-refractivity contribution in [1.29, 1.82) is 0 Å². The molecule has 0 N–H and O–H groups in total. The molecule has 0 unspecified atom stereocenters. The standard InChI is InChI=1S/C15H22BrNO6/c16-5-6-20-7-8-21-9-10-22-11-12-23-13-14-1-3-15(4-2-14)17(18)19/h1-4H,5-13H2. The van der Waals surface area contributed by atoms with Gasteiger partial charge < -0.3 is 18.9 Å². The largest absolute Gasteiger partial charge is 0.378 e. The zero-order valence-corrected chi connectivity index (χ0v) is 14.5. The van der Waals surface area contributed by atoms with Crippen LogP contribution in [0.15, 0.2) is 24.3 Å². The smallest absolute Gasteiger partial charge is 0.269 e. The topological polar surface area (TPSA) is 80.1 Å². The Labute approximate surface area is 144 Å². The van der Waals surface area contributed by atoms with Gasteiger partial charge in [-0.1, -0.05) is 15.9 Å². The van der Waals surface area contributed by atoms with Crippen LogP contribution in [0.25, 0.3) is 0 Å². The predicted molar refractivity (Wildman–Crippen MR) is 89.0 cm³/mol. The van der Waals surface area contributed by atoms with Crippen LogP contribution in [0.5, 0.6) is 0 Å². The second-order valence-electron chi connectivity index (χ2n) is 4.50. The van der Waals surface area contributed by atoms with Gasteiger partial charge in [0.2, 0.25) is 0 Å². The van der Waals surface area contributed by atoms with Gasteiger partial charge in [-0.2, -0.15) is 0 Å². The number of halogens is 1. The van der Waals surface area contributed by atoms with Gasteiger partial charge >= 0.3 is 0 Å². The fourth-order valence-electron chi connectivity index (χ4n) is 1.62. The number of hydrogen-bond acceptors (Lipinski definition) is 6. The van der Waals surface area contributed by atoms with Crippen molar-refractivity contribution in [3.8, 4) is 0 Å². The Bertz CT molecular complexity index is 428. The van der Waals surface area contributed by atoms with Crippen molar-refractivity contribution in [1.82, 2.24) is 0 Å². The van der Waals surface area contributed by atoms with Gasteiger partial charge in [0, 0.05) is 17.5 Å². The molecule has 23 heavy (non-hydrogen) atoms. The summed E-state index contributed by atoms with van der Waals surface area (Å²) < 4.78 is 21.4. The van der Waals surface area contributed by atoms with Crippen molar-refractivity contribution in [3.63, 3.8) is 0 Å². The number of nitrogens with zero attached hydrogens (tertiary/aromatic N) is 1. The van der Waals surface area contributed by atoms with Crippen molar-refractivity contribution in [2.75, 3.05) is 51.6 Å². The molecule has 0 fully saturated rings. The molecular weight excluding hydrogens is 370 g/mol. The highest BCUT2D eigenvalue weighted by molar-refractivity contribution is 9.09. The van der Waals surface area contributed by atoms with Crippen molar-refractivity contribution in [3.05, 3.63) is 39.9 Å². The molecule has 0 saturated heterocycles. The van der Waals surface area contributed by atoms with E-state index in [2.05, 4.69) is 15.9 Å². The third-order valence-corrected chi connectivity index (χ3v) is 3.08. The first-order chi connectivity index (χ1) is 11.2. The van der Waals surface area contributed by atoms with Gasteiger partial charge in [-0.05, 0) is 17.7 Å². The van der Waals surface area contributed by atoms with Crippen LogP contribution < -0.4 is 0 Å². The van der Waals surface area contributed by atoms with E-state index < -0.39 is 4.92 Å². The first-order valence-electron chi connectivity index (χ1n) is 7.34. The lowest BCUT2D eigenvalue weighted by Crippen LogP contribution is -2.12. The SMILES string of the molecule is O=[N+]([O-])c1ccc(COCCOCCOCCOCCBr)cc1. The number of alkyl halides is 1. The predicted octanol–water partition coefficient (Wildman–Crippen LogP) is 2.56. The quantitative estimate of drug-likeness (QED) is 0.210. The zero-order valence-electron chi connectivity index (χ0n) is 12.9. The van der Waals surface area contributed by atoms with Gasteiger partial charge in [-0.15, -0.1) is 0 Å². The number of ether oxygens (including phenoxy) is 4. The molecule has 7 nitrogen and oxygen atoms in total. The molecule has 1 rings (SSSR count). The average molecular weight is 392 g/mol. The maximum atomic E-state index is 10.5. The molecule has 0 aliphatic carbocycles. The molecule has 0 atom stereocenters. The van der Waals surface area contributed by atoms with Crippen LogP contribution in [0.1, 0.15) is 5.56 Å². The van der Waals surface area contributed by atoms with Gasteiger partial charge in [-0.25, -0.2) is 0 Å². The number of benzene rings is 1. The van der Waals surface area contributed by atoms with E-state index in [1.807, 2.05) is 0 Å². The van der Waals surface area contributed by atoms with Crippen LogP contribution in [0.3, 0.4) is 0 Å². The molecule has 0 amide bonds. The number of rotatable bonds is 14. The summed E-state index contributed by atoms with van der Waals surface area (Å²) in [6.45, 7) is 4.23. The number of nitro groups is 1. The molecular formula is C15H22BrNO6. The van der Waals surface area contributed by atoms with Crippen LogP contribution in [-0.2, 0) is 25.6 Å². The molecule has 1 aromatic carbocycles. The van der Waals surface area contributed by atoms with E-state index in [9.17, 15) is 10.1 Å². The molecule has 0 aromatic heterocycles. The zero-order chi connectivity index (χ0) is 16.8. The van der Waals surface area contributed by atoms with Crippen LogP contribution in [-0.4, -0.2) is 56.5 Å². The third kappa shape index (κ3) is 10.4. The van der Waals surface area contributed by atoms with Crippen molar-refractivity contribution < 1.29 is 23.9 Å². The Balaban J connectivity index is 1.90. The first kappa shape index (κ1) is 20.0. The van der Waals surface area contributed by atoms with Gasteiger partial charge in [0.15, 0.2) is 0 Å². The third-order valence-electron chi connectivity index (χ3n) is 2.75. The molecule has 0 saturated carbocycles. The van der Waals surface area contributed by atoms with Crippen molar-refractivity contribution in [2.24, 2.45) is 0 Å². The van der Waals surface area contributed by atoms with E-state index in [1.54, 1.807) is 12.1 Å². The molecule has 0 radical (unpaired) electrons. The molecule has 1 aromatic rings. The van der Waals surface area contributed by atoms with Crippen LogP contribution in [0.4, 0.5) is 5.69 Å². The molecule has 130 valence electrons. The van der Waals surface area contributed by atoms with Crippen molar-refractivity contribution >= 4 is 21.6 Å². The van der Waals surface area contributed by atoms with Gasteiger partial charge in [0.1, 0.15) is 0 Å². The summed E-state index contributed by atoms with van der Waals surface area (Å²) in [4.78, 5) is 10.1. The fourth-order valence-corrected chi connectivity index (χ4v) is 1.85. The Hall–Kier alpha value is -1.06. The second kappa shape index (κ2) is 13.4. The lowest BCUT2D eigenvalue weighted by molar-refractivity contribution is -0.384. The number of nitro benzene ring substituents is 1. The molecule has 0 bridgehead atoms. The summed E-state index contributed by atoms with van der Waals surface area (Å²) in [6.07, 6.45) is 0. The Morgan fingerprint density at radius 1 is 0.826 bits per heavy atom. The van der Waals surface area contributed by atoms with Gasteiger partial charge in [-0.3, -0.25) is 10.1 Å². The second-order valence-corrected chi connectivity index (χ2v) is 5.30. The summed E-state index contributed by atoms with van der Waals surface area (Å²) in [5.74, 6) is 0. The molecule has 0 spiro atoms. The highest BCUT2D eigenvalue weighted by Crippen LogP contribution is 2.12. The maximum Gasteiger partial charge on any atom is 0.269 e. The van der Waals surface area contributed by atoms with E-state index in [4.69, 9.17) is 18.9 Å². The van der Waals surface area contributed by atoms with Crippen LogP contribution in [0, 0.1) is 10.1 Å². The van der Waals surface area contributed by atoms with Gasteiger partial charge in [0.25, 0.3) is 5.69 Å². The Kier molecular flexibility index (Phi) is 11.6. The lowest BCUT2D eigenvalue weighted by Gasteiger charge is -2.07. The summed E-state index contributed by atoms with van der Waals surface area (Å²) in [5.41, 5.74) is 0.970. The van der Waals surface area contributed by atoms with E-state index in [-0.39, 0.29) is 5.69 Å². The normalized spacial score (nSPS) is 10.8. The summed E-state index contributed by atoms with van der Waals surface area (Å²) in [6, 6.07) is 6.30. The van der Waals surface area contributed by atoms with Crippen molar-refractivity contribution in [2.45, 2.75) is 6.61 Å². The molecule has 8 heteroatoms. The number of hydrogen-bond donors (Lipinski definition) is 0. The summed E-state index contributed by atoms with van der Waals surface area (Å²) >= 11 is 3.27. The van der Waals surface area contributed by atoms with E-state index in [1.165, 1.54) is 12.1 Å². The average Bonchev–Trinajstić information content (AvgIpc) is 2.56. The molecule has 0 heterocycles. The maximum absolute atomic E-state index is 10.5. The van der Waals surface area contributed by atoms with Crippen LogP contribution in [0.2, 0.25) is 0 Å². The minimum absolute atomic E-state index is 0.0784. The Morgan fingerprint density at radius 3 is 1.78 bits per heavy atom. The van der Waals surface area contributed by atoms with Gasteiger partial charge in [0.05, 0.1) is 57.8 Å². The van der Waals surface area contributed by atoms with Crippen LogP contribution >= 0.6 is 15.9 Å². The first-order valence-corrected chi connectivity index (χ1v) is 8.46. The highest BCUT2D eigenvalue weighted by atomic mass is 79.9. The summed E-state index contributed by atoms with van der Waals surface area (Å²) in [7, 11) is 0. The lowest BCUT2D eigenvalue weighted by atomic mass is 10.2. The minimum Gasteiger partial charge on any atom is -0.378 e. The fraction of sp³-hybridized carbons (Fsp3) is 0.600. The highest BCUT2D eigenvalue weighted by Gasteiger charge is 2.03. The van der Waals surface area contributed by atoms with E-state index in [0.717, 1.165) is 10.9 Å². The van der Waals surface area contributed by atoms with E-state index in [0.29, 0.717) is 52.9 Å². The minimum atomic E-state index is -0.422. The monoisotopic (exact) mass is 391 g/mol. The summed E-state index contributed by atoms with van der Waals surface area (Å²) in [5, 5.41) is 11.4. The molecule has 0 aliphatic heterocycles. The number of non-ortho nitro benzene ring substituents is 1. The van der Waals surface area contributed by atoms with E-state index >= 15 is 0 Å².